The largest absolute Gasteiger partial charge is 0.490 e. The number of halogens is 4. The number of alkyl halides is 3. The molecule has 2 N–H and O–H groups in total. The Morgan fingerprint density at radius 3 is 1.94 bits per heavy atom. The minimum atomic E-state index is -5.08. The molecule has 1 rings (SSSR count). The number of aliphatic carboxylic acids is 1. The van der Waals surface area contributed by atoms with Crippen LogP contribution in [0.25, 0.3) is 0 Å². The number of benzene rings is 1. The molecule has 0 aliphatic carbocycles. The van der Waals surface area contributed by atoms with Crippen LogP contribution in [-0.4, -0.2) is 24.3 Å². The van der Waals surface area contributed by atoms with E-state index in [-0.39, 0.29) is 0 Å². The Bertz CT molecular complexity index is 338. The highest BCUT2D eigenvalue weighted by atomic mass is 127. The summed E-state index contributed by atoms with van der Waals surface area (Å²) in [5.41, 5.74) is 1.16. The van der Waals surface area contributed by atoms with Crippen molar-refractivity contribution < 1.29 is 23.1 Å². The van der Waals surface area contributed by atoms with Gasteiger partial charge >= 0.3 is 12.1 Å². The standard InChI is InChI=1S/C7H8IN.C2HF3O2/c1-9-7-4-2-6(8)3-5-7;3-2(4,5)1(6)7/h2-5,9H,1H3;(H,6,7). The van der Waals surface area contributed by atoms with Crippen molar-refractivity contribution in [3.63, 3.8) is 0 Å². The number of rotatable bonds is 1. The first kappa shape index (κ1) is 15.0. The summed E-state index contributed by atoms with van der Waals surface area (Å²) in [4.78, 5) is 8.90. The fourth-order valence-electron chi connectivity index (χ4n) is 0.617. The Labute approximate surface area is 104 Å². The van der Waals surface area contributed by atoms with Gasteiger partial charge in [-0.25, -0.2) is 4.79 Å². The maximum atomic E-state index is 10.6. The molecule has 0 saturated heterocycles. The number of nitrogens with one attached hydrogen (secondary N) is 1. The zero-order valence-corrected chi connectivity index (χ0v) is 10.3. The van der Waals surface area contributed by atoms with Crippen LogP contribution in [0.4, 0.5) is 18.9 Å². The monoisotopic (exact) mass is 347 g/mol. The van der Waals surface area contributed by atoms with Crippen LogP contribution in [0.5, 0.6) is 0 Å². The van der Waals surface area contributed by atoms with Crippen molar-refractivity contribution in [2.75, 3.05) is 12.4 Å². The lowest BCUT2D eigenvalue weighted by molar-refractivity contribution is -0.192. The van der Waals surface area contributed by atoms with Gasteiger partial charge < -0.3 is 10.4 Å². The summed E-state index contributed by atoms with van der Waals surface area (Å²) in [6.45, 7) is 0. The molecular weight excluding hydrogens is 338 g/mol. The molecule has 0 atom stereocenters. The molecule has 0 aliphatic rings. The molecule has 0 aromatic heterocycles. The lowest BCUT2D eigenvalue weighted by atomic mass is 10.3. The van der Waals surface area contributed by atoms with Crippen LogP contribution in [0.3, 0.4) is 0 Å². The van der Waals surface area contributed by atoms with Crippen molar-refractivity contribution >= 4 is 34.2 Å². The number of carbonyl (C=O) groups is 1. The summed E-state index contributed by atoms with van der Waals surface area (Å²) < 4.78 is 33.0. The smallest absolute Gasteiger partial charge is 0.475 e. The molecule has 0 bridgehead atoms. The van der Waals surface area contributed by atoms with E-state index in [4.69, 9.17) is 9.90 Å². The fourth-order valence-corrected chi connectivity index (χ4v) is 0.976. The molecular formula is C9H9F3INO2. The molecule has 3 nitrogen and oxygen atoms in total. The van der Waals surface area contributed by atoms with Crippen LogP contribution in [0.1, 0.15) is 0 Å². The van der Waals surface area contributed by atoms with E-state index >= 15 is 0 Å². The van der Waals surface area contributed by atoms with Gasteiger partial charge in [0.25, 0.3) is 0 Å². The van der Waals surface area contributed by atoms with Crippen molar-refractivity contribution in [3.05, 3.63) is 27.8 Å². The number of carboxylic acids is 1. The lowest BCUT2D eigenvalue weighted by Gasteiger charge is -1.96. The second-order valence-electron chi connectivity index (χ2n) is 2.56. The van der Waals surface area contributed by atoms with E-state index in [9.17, 15) is 13.2 Å². The highest BCUT2D eigenvalue weighted by Crippen LogP contribution is 2.13. The maximum Gasteiger partial charge on any atom is 0.490 e. The van der Waals surface area contributed by atoms with E-state index in [1.54, 1.807) is 0 Å². The summed E-state index contributed by atoms with van der Waals surface area (Å²) >= 11 is 2.29. The third-order valence-corrected chi connectivity index (χ3v) is 2.09. The summed E-state index contributed by atoms with van der Waals surface area (Å²) in [5, 5.41) is 10.2. The molecule has 0 aliphatic heterocycles. The Hall–Kier alpha value is -0.990. The third-order valence-electron chi connectivity index (χ3n) is 1.38. The Balaban J connectivity index is 0.000000293. The predicted octanol–water partition coefficient (Wildman–Crippen LogP) is 2.97. The van der Waals surface area contributed by atoms with Crippen LogP contribution >= 0.6 is 22.6 Å². The van der Waals surface area contributed by atoms with E-state index < -0.39 is 12.1 Å². The first-order valence-electron chi connectivity index (χ1n) is 4.01. The van der Waals surface area contributed by atoms with E-state index in [0.29, 0.717) is 0 Å². The molecule has 0 heterocycles. The Morgan fingerprint density at radius 2 is 1.69 bits per heavy atom. The first-order chi connectivity index (χ1) is 7.27. The van der Waals surface area contributed by atoms with Gasteiger partial charge in [0, 0.05) is 16.3 Å². The van der Waals surface area contributed by atoms with Crippen molar-refractivity contribution in [3.8, 4) is 0 Å². The van der Waals surface area contributed by atoms with Gasteiger partial charge in [-0.1, -0.05) is 0 Å². The molecule has 0 unspecified atom stereocenters. The van der Waals surface area contributed by atoms with E-state index in [1.165, 1.54) is 3.57 Å². The highest BCUT2D eigenvalue weighted by Gasteiger charge is 2.38. The summed E-state index contributed by atoms with van der Waals surface area (Å²) in [5.74, 6) is -2.76. The van der Waals surface area contributed by atoms with Crippen LogP contribution in [-0.2, 0) is 4.79 Å². The predicted molar refractivity (Wildman–Crippen MR) is 62.4 cm³/mol. The molecule has 16 heavy (non-hydrogen) atoms. The van der Waals surface area contributed by atoms with Crippen LogP contribution in [0.15, 0.2) is 24.3 Å². The SMILES string of the molecule is CNc1ccc(I)cc1.O=C(O)C(F)(F)F. The zero-order chi connectivity index (χ0) is 12.8. The summed E-state index contributed by atoms with van der Waals surface area (Å²) in [6.07, 6.45) is -5.08. The summed E-state index contributed by atoms with van der Waals surface area (Å²) in [7, 11) is 1.92. The second kappa shape index (κ2) is 6.56. The van der Waals surface area contributed by atoms with Crippen molar-refractivity contribution in [2.45, 2.75) is 6.18 Å². The molecule has 1 aromatic carbocycles. The molecule has 0 radical (unpaired) electrons. The number of anilines is 1. The molecule has 0 saturated carbocycles. The van der Waals surface area contributed by atoms with Crippen molar-refractivity contribution in [2.24, 2.45) is 0 Å². The van der Waals surface area contributed by atoms with E-state index in [0.717, 1.165) is 5.69 Å². The minimum Gasteiger partial charge on any atom is -0.475 e. The average Bonchev–Trinajstić information content (AvgIpc) is 2.18. The third kappa shape index (κ3) is 6.49. The van der Waals surface area contributed by atoms with Gasteiger partial charge in [0.2, 0.25) is 0 Å². The van der Waals surface area contributed by atoms with E-state index in [2.05, 4.69) is 52.2 Å². The number of carboxylic acid groups (broad SMARTS) is 1. The van der Waals surface area contributed by atoms with Crippen molar-refractivity contribution in [1.82, 2.24) is 0 Å². The molecule has 7 heteroatoms. The van der Waals surface area contributed by atoms with Crippen molar-refractivity contribution in [1.29, 1.82) is 0 Å². The number of hydrogen-bond acceptors (Lipinski definition) is 2. The van der Waals surface area contributed by atoms with Gasteiger partial charge in [0.1, 0.15) is 0 Å². The first-order valence-corrected chi connectivity index (χ1v) is 5.08. The maximum absolute atomic E-state index is 10.6. The summed E-state index contributed by atoms with van der Waals surface area (Å²) in [6, 6.07) is 8.27. The van der Waals surface area contributed by atoms with Gasteiger partial charge in [-0.2, -0.15) is 13.2 Å². The van der Waals surface area contributed by atoms with Gasteiger partial charge in [0.05, 0.1) is 0 Å². The number of hydrogen-bond donors (Lipinski definition) is 2. The van der Waals surface area contributed by atoms with Crippen LogP contribution in [0.2, 0.25) is 0 Å². The average molecular weight is 347 g/mol. The van der Waals surface area contributed by atoms with Gasteiger partial charge in [-0.05, 0) is 46.9 Å². The molecule has 0 amide bonds. The normalized spacial score (nSPS) is 10.1. The fraction of sp³-hybridized carbons (Fsp3) is 0.222. The highest BCUT2D eigenvalue weighted by molar-refractivity contribution is 14.1. The topological polar surface area (TPSA) is 49.3 Å². The van der Waals surface area contributed by atoms with Gasteiger partial charge in [0.15, 0.2) is 0 Å². The van der Waals surface area contributed by atoms with Gasteiger partial charge in [-0.15, -0.1) is 0 Å². The van der Waals surface area contributed by atoms with Crippen LogP contribution in [0, 0.1) is 3.57 Å². The quantitative estimate of drug-likeness (QED) is 0.768. The van der Waals surface area contributed by atoms with E-state index in [1.807, 2.05) is 7.05 Å². The van der Waals surface area contributed by atoms with Crippen LogP contribution < -0.4 is 5.32 Å². The molecule has 0 spiro atoms. The lowest BCUT2D eigenvalue weighted by Crippen LogP contribution is -2.21. The minimum absolute atomic E-state index is 1.16. The second-order valence-corrected chi connectivity index (χ2v) is 3.81. The zero-order valence-electron chi connectivity index (χ0n) is 8.18. The Kier molecular flexibility index (Phi) is 6.16. The Morgan fingerprint density at radius 1 is 1.31 bits per heavy atom. The molecule has 1 aromatic rings. The molecule has 90 valence electrons. The molecule has 0 fully saturated rings. The van der Waals surface area contributed by atoms with Gasteiger partial charge in [-0.3, -0.25) is 0 Å².